The molecule has 1 unspecified atom stereocenters. The number of H-pyrrole nitrogens is 1. The molecule has 3 N–H and O–H groups in total. The number of aliphatic imine (C=N–C) groups is 1. The van der Waals surface area contributed by atoms with E-state index < -0.39 is 0 Å². The van der Waals surface area contributed by atoms with Gasteiger partial charge in [0, 0.05) is 70.0 Å². The predicted octanol–water partition coefficient (Wildman–Crippen LogP) is 2.29. The standard InChI is InChI=1S/C22H35FN6/c1-4-28-9-11-29(12-10-28)16-17(2)14-27-22(24-3)25-8-7-18-15-26-21-6-5-19(23)13-20(18)21/h5-6,13,15,17,26H,4,7-12,14,16H2,1-3H3,(H2,24,25,27). The molecule has 0 aliphatic carbocycles. The van der Waals surface area contributed by atoms with Crippen LogP contribution < -0.4 is 10.6 Å². The second-order valence-corrected chi connectivity index (χ2v) is 7.97. The van der Waals surface area contributed by atoms with Gasteiger partial charge >= 0.3 is 0 Å². The van der Waals surface area contributed by atoms with Gasteiger partial charge in [-0.1, -0.05) is 13.8 Å². The molecule has 1 aliphatic rings. The zero-order valence-corrected chi connectivity index (χ0v) is 18.0. The van der Waals surface area contributed by atoms with Crippen molar-refractivity contribution < 1.29 is 4.39 Å². The summed E-state index contributed by atoms with van der Waals surface area (Å²) in [7, 11) is 1.80. The largest absolute Gasteiger partial charge is 0.361 e. The Balaban J connectivity index is 1.38. The Bertz CT molecular complexity index is 794. The van der Waals surface area contributed by atoms with Gasteiger partial charge in [0.2, 0.25) is 0 Å². The van der Waals surface area contributed by atoms with Crippen LogP contribution in [0.3, 0.4) is 0 Å². The van der Waals surface area contributed by atoms with Crippen molar-refractivity contribution in [2.75, 3.05) is 59.4 Å². The van der Waals surface area contributed by atoms with Crippen molar-refractivity contribution in [2.45, 2.75) is 20.3 Å². The number of benzene rings is 1. The number of nitrogens with one attached hydrogen (secondary N) is 3. The molecule has 1 aromatic heterocycles. The molecule has 1 aromatic carbocycles. The molecule has 6 nitrogen and oxygen atoms in total. The van der Waals surface area contributed by atoms with E-state index in [0.717, 1.165) is 68.1 Å². The molecule has 1 atom stereocenters. The molecule has 0 radical (unpaired) electrons. The van der Waals surface area contributed by atoms with E-state index in [9.17, 15) is 4.39 Å². The van der Waals surface area contributed by atoms with E-state index in [0.29, 0.717) is 5.92 Å². The molecular weight excluding hydrogens is 367 g/mol. The second kappa shape index (κ2) is 10.6. The van der Waals surface area contributed by atoms with Crippen molar-refractivity contribution in [1.29, 1.82) is 0 Å². The highest BCUT2D eigenvalue weighted by Gasteiger charge is 2.17. The van der Waals surface area contributed by atoms with E-state index in [1.54, 1.807) is 19.2 Å². The van der Waals surface area contributed by atoms with Crippen LogP contribution in [0.15, 0.2) is 29.4 Å². The minimum atomic E-state index is -0.200. The molecule has 160 valence electrons. The normalized spacial score (nSPS) is 17.6. The van der Waals surface area contributed by atoms with Gasteiger partial charge < -0.3 is 25.4 Å². The molecule has 2 heterocycles. The summed E-state index contributed by atoms with van der Waals surface area (Å²) < 4.78 is 13.5. The summed E-state index contributed by atoms with van der Waals surface area (Å²) in [5.41, 5.74) is 2.08. The molecule has 7 heteroatoms. The zero-order valence-electron chi connectivity index (χ0n) is 18.0. The Morgan fingerprint density at radius 3 is 2.69 bits per heavy atom. The maximum atomic E-state index is 13.5. The molecule has 1 fully saturated rings. The van der Waals surface area contributed by atoms with E-state index in [1.807, 2.05) is 6.20 Å². The third-order valence-corrected chi connectivity index (χ3v) is 5.74. The average Bonchev–Trinajstić information content (AvgIpc) is 3.13. The van der Waals surface area contributed by atoms with Crippen LogP contribution in [0.25, 0.3) is 10.9 Å². The van der Waals surface area contributed by atoms with Crippen LogP contribution in [0, 0.1) is 11.7 Å². The van der Waals surface area contributed by atoms with E-state index in [-0.39, 0.29) is 5.82 Å². The fourth-order valence-electron chi connectivity index (χ4n) is 3.96. The van der Waals surface area contributed by atoms with Crippen LogP contribution in [-0.4, -0.2) is 80.1 Å². The first-order valence-electron chi connectivity index (χ1n) is 10.7. The summed E-state index contributed by atoms with van der Waals surface area (Å²) >= 11 is 0. The Kier molecular flexibility index (Phi) is 7.89. The number of hydrogen-bond acceptors (Lipinski definition) is 3. The third-order valence-electron chi connectivity index (χ3n) is 5.74. The third kappa shape index (κ3) is 6.18. The van der Waals surface area contributed by atoms with E-state index in [2.05, 4.69) is 44.3 Å². The van der Waals surface area contributed by atoms with Crippen molar-refractivity contribution in [3.8, 4) is 0 Å². The first-order valence-corrected chi connectivity index (χ1v) is 10.7. The highest BCUT2D eigenvalue weighted by atomic mass is 19.1. The highest BCUT2D eigenvalue weighted by molar-refractivity contribution is 5.83. The van der Waals surface area contributed by atoms with Crippen molar-refractivity contribution in [3.63, 3.8) is 0 Å². The number of hydrogen-bond donors (Lipinski definition) is 3. The highest BCUT2D eigenvalue weighted by Crippen LogP contribution is 2.19. The molecule has 2 aromatic rings. The zero-order chi connectivity index (χ0) is 20.6. The molecule has 0 bridgehead atoms. The van der Waals surface area contributed by atoms with Crippen molar-refractivity contribution in [2.24, 2.45) is 10.9 Å². The number of guanidine groups is 1. The fourth-order valence-corrected chi connectivity index (χ4v) is 3.96. The van der Waals surface area contributed by atoms with Crippen LogP contribution in [0.5, 0.6) is 0 Å². The summed E-state index contributed by atoms with van der Waals surface area (Å²) in [4.78, 5) is 12.6. The van der Waals surface area contributed by atoms with E-state index in [1.165, 1.54) is 19.2 Å². The number of nitrogens with zero attached hydrogens (tertiary/aromatic N) is 3. The SMILES string of the molecule is CCN1CCN(CC(C)CNC(=NC)NCCc2c[nH]c3ccc(F)cc23)CC1. The van der Waals surface area contributed by atoms with Gasteiger partial charge in [0.15, 0.2) is 5.96 Å². The maximum Gasteiger partial charge on any atom is 0.190 e. The monoisotopic (exact) mass is 402 g/mol. The summed E-state index contributed by atoms with van der Waals surface area (Å²) in [5, 5.41) is 7.76. The maximum absolute atomic E-state index is 13.5. The molecule has 0 spiro atoms. The first-order chi connectivity index (χ1) is 14.1. The summed E-state index contributed by atoms with van der Waals surface area (Å²) in [6.07, 6.45) is 2.77. The number of rotatable bonds is 8. The smallest absolute Gasteiger partial charge is 0.190 e. The minimum Gasteiger partial charge on any atom is -0.361 e. The van der Waals surface area contributed by atoms with Gasteiger partial charge in [-0.15, -0.1) is 0 Å². The lowest BCUT2D eigenvalue weighted by atomic mass is 10.1. The Labute approximate surface area is 173 Å². The minimum absolute atomic E-state index is 0.200. The first kappa shape index (κ1) is 21.6. The van der Waals surface area contributed by atoms with Crippen molar-refractivity contribution >= 4 is 16.9 Å². The lowest BCUT2D eigenvalue weighted by Gasteiger charge is -2.35. The fraction of sp³-hybridized carbons (Fsp3) is 0.591. The van der Waals surface area contributed by atoms with Crippen LogP contribution in [0.2, 0.25) is 0 Å². The summed E-state index contributed by atoms with van der Waals surface area (Å²) in [5.74, 6) is 1.17. The van der Waals surface area contributed by atoms with Crippen molar-refractivity contribution in [3.05, 3.63) is 35.8 Å². The van der Waals surface area contributed by atoms with Crippen molar-refractivity contribution in [1.82, 2.24) is 25.4 Å². The van der Waals surface area contributed by atoms with Gasteiger partial charge in [-0.2, -0.15) is 0 Å². The van der Waals surface area contributed by atoms with Crippen LogP contribution in [0.1, 0.15) is 19.4 Å². The van der Waals surface area contributed by atoms with Gasteiger partial charge in [0.05, 0.1) is 0 Å². The second-order valence-electron chi connectivity index (χ2n) is 7.97. The number of fused-ring (bicyclic) bond motifs is 1. The lowest BCUT2D eigenvalue weighted by molar-refractivity contribution is 0.124. The number of aromatic nitrogens is 1. The van der Waals surface area contributed by atoms with Gasteiger partial charge in [0.25, 0.3) is 0 Å². The molecular formula is C22H35FN6. The van der Waals surface area contributed by atoms with Crippen LogP contribution in [-0.2, 0) is 6.42 Å². The van der Waals surface area contributed by atoms with Gasteiger partial charge in [-0.25, -0.2) is 4.39 Å². The summed E-state index contributed by atoms with van der Waals surface area (Å²) in [6.45, 7) is 13.1. The number of piperazine rings is 1. The number of likely N-dealkylation sites (N-methyl/N-ethyl adjacent to an activating group) is 1. The predicted molar refractivity (Wildman–Crippen MR) is 119 cm³/mol. The van der Waals surface area contributed by atoms with Gasteiger partial charge in [-0.3, -0.25) is 4.99 Å². The van der Waals surface area contributed by atoms with Gasteiger partial charge in [-0.05, 0) is 42.6 Å². The average molecular weight is 403 g/mol. The van der Waals surface area contributed by atoms with Crippen LogP contribution >= 0.6 is 0 Å². The lowest BCUT2D eigenvalue weighted by Crippen LogP contribution is -2.48. The summed E-state index contributed by atoms with van der Waals surface area (Å²) in [6, 6.07) is 4.86. The van der Waals surface area contributed by atoms with Crippen LogP contribution in [0.4, 0.5) is 4.39 Å². The van der Waals surface area contributed by atoms with E-state index in [4.69, 9.17) is 0 Å². The molecule has 0 amide bonds. The molecule has 29 heavy (non-hydrogen) atoms. The Morgan fingerprint density at radius 2 is 1.97 bits per heavy atom. The molecule has 3 rings (SSSR count). The topological polar surface area (TPSA) is 58.7 Å². The molecule has 1 aliphatic heterocycles. The number of aromatic amines is 1. The van der Waals surface area contributed by atoms with E-state index >= 15 is 0 Å². The number of halogens is 1. The Hall–Kier alpha value is -2.12. The molecule has 0 saturated carbocycles. The molecule has 1 saturated heterocycles. The van der Waals surface area contributed by atoms with Gasteiger partial charge in [0.1, 0.15) is 5.82 Å². The quantitative estimate of drug-likeness (QED) is 0.468. The Morgan fingerprint density at radius 1 is 1.21 bits per heavy atom.